The molecular formula is C28H33N5O. The highest BCUT2D eigenvalue weighted by molar-refractivity contribution is 5.80. The number of likely N-dealkylation sites (N-methyl/N-ethyl adjacent to an activating group) is 1. The third-order valence-corrected chi connectivity index (χ3v) is 7.06. The molecule has 0 unspecified atom stereocenters. The Labute approximate surface area is 204 Å². The number of amides is 1. The van der Waals surface area contributed by atoms with Gasteiger partial charge in [0.05, 0.1) is 15.0 Å². The lowest BCUT2D eigenvalue weighted by Gasteiger charge is -2.42. The Kier molecular flexibility index (Phi) is 5.89. The fourth-order valence-electron chi connectivity index (χ4n) is 5.16. The van der Waals surface area contributed by atoms with Crippen LogP contribution in [0.2, 0.25) is 0 Å². The smallest absolute Gasteiger partial charge is 0.227 e. The van der Waals surface area contributed by atoms with Gasteiger partial charge in [0, 0.05) is 37.1 Å². The Morgan fingerprint density at radius 2 is 1.88 bits per heavy atom. The molecule has 3 aromatic rings. The predicted octanol–water partition coefficient (Wildman–Crippen LogP) is 4.10. The number of nitrogens with zero attached hydrogens (tertiary/aromatic N) is 4. The van der Waals surface area contributed by atoms with E-state index < -0.39 is 6.50 Å². The lowest BCUT2D eigenvalue weighted by Crippen LogP contribution is -2.50. The van der Waals surface area contributed by atoms with Gasteiger partial charge in [-0.1, -0.05) is 60.7 Å². The van der Waals surface area contributed by atoms with E-state index in [1.807, 2.05) is 29.2 Å². The monoisotopic (exact) mass is 457 g/mol. The molecule has 176 valence electrons. The first kappa shape index (κ1) is 20.2. The molecule has 0 radical (unpaired) electrons. The Morgan fingerprint density at radius 3 is 2.65 bits per heavy atom. The van der Waals surface area contributed by atoms with Gasteiger partial charge in [-0.15, -0.1) is 0 Å². The van der Waals surface area contributed by atoms with Gasteiger partial charge in [0.1, 0.15) is 0 Å². The summed E-state index contributed by atoms with van der Waals surface area (Å²) in [5.41, 5.74) is 3.52. The summed E-state index contributed by atoms with van der Waals surface area (Å²) in [6.45, 7) is 2.46. The minimum atomic E-state index is -1.82. The van der Waals surface area contributed by atoms with Gasteiger partial charge in [0.15, 0.2) is 0 Å². The summed E-state index contributed by atoms with van der Waals surface area (Å²) in [6.07, 6.45) is 3.29. The van der Waals surface area contributed by atoms with E-state index in [-0.39, 0.29) is 29.7 Å². The molecule has 1 saturated heterocycles. The van der Waals surface area contributed by atoms with Crippen LogP contribution in [0, 0.1) is 5.92 Å². The number of hydrogen-bond donors (Lipinski definition) is 1. The van der Waals surface area contributed by atoms with Gasteiger partial charge in [0.25, 0.3) is 0 Å². The third-order valence-electron chi connectivity index (χ3n) is 7.06. The second-order valence-corrected chi connectivity index (χ2v) is 9.48. The summed E-state index contributed by atoms with van der Waals surface area (Å²) in [5, 5.41) is 2.84. The average Bonchev–Trinajstić information content (AvgIpc) is 2.89. The lowest BCUT2D eigenvalue weighted by molar-refractivity contribution is -0.141. The van der Waals surface area contributed by atoms with Crippen molar-refractivity contribution in [3.8, 4) is 0 Å². The first-order chi connectivity index (χ1) is 17.3. The van der Waals surface area contributed by atoms with Crippen LogP contribution in [0.5, 0.6) is 0 Å². The summed E-state index contributed by atoms with van der Waals surface area (Å²) >= 11 is 0. The second kappa shape index (κ2) is 9.94. The molecule has 3 heterocycles. The molecule has 5 rings (SSSR count). The van der Waals surface area contributed by atoms with Crippen LogP contribution in [0.25, 0.3) is 0 Å². The molecule has 1 amide bonds. The van der Waals surface area contributed by atoms with Crippen molar-refractivity contribution in [2.24, 2.45) is 5.92 Å². The first-order valence-electron chi connectivity index (χ1n) is 13.0. The molecule has 2 aliphatic rings. The Bertz CT molecular complexity index is 1210. The van der Waals surface area contributed by atoms with Crippen molar-refractivity contribution in [2.75, 3.05) is 25.5 Å². The zero-order valence-electron chi connectivity index (χ0n) is 21.8. The number of rotatable bonds is 5. The molecule has 0 bridgehead atoms. The van der Waals surface area contributed by atoms with Crippen molar-refractivity contribution in [2.45, 2.75) is 44.8 Å². The van der Waals surface area contributed by atoms with Crippen LogP contribution in [-0.2, 0) is 24.3 Å². The predicted molar refractivity (Wildman–Crippen MR) is 134 cm³/mol. The highest BCUT2D eigenvalue weighted by Gasteiger charge is 2.39. The molecule has 2 aliphatic heterocycles. The van der Waals surface area contributed by atoms with Crippen molar-refractivity contribution >= 4 is 11.9 Å². The van der Waals surface area contributed by atoms with Gasteiger partial charge in [-0.2, -0.15) is 0 Å². The van der Waals surface area contributed by atoms with Crippen molar-refractivity contribution in [1.29, 1.82) is 0 Å². The molecule has 3 atom stereocenters. The molecule has 1 fully saturated rings. The van der Waals surface area contributed by atoms with Crippen molar-refractivity contribution in [3.63, 3.8) is 0 Å². The Hall–Kier alpha value is -3.25. The number of likely N-dealkylation sites (tertiary alicyclic amines) is 1. The van der Waals surface area contributed by atoms with E-state index in [0.29, 0.717) is 18.5 Å². The topological polar surface area (TPSA) is 61.4 Å². The van der Waals surface area contributed by atoms with Crippen LogP contribution in [0.1, 0.15) is 44.4 Å². The molecule has 1 aromatic heterocycles. The summed E-state index contributed by atoms with van der Waals surface area (Å²) in [5.74, 6) is 0.500. The van der Waals surface area contributed by atoms with Crippen LogP contribution in [-0.4, -0.2) is 51.9 Å². The van der Waals surface area contributed by atoms with Crippen molar-refractivity contribution in [1.82, 2.24) is 19.8 Å². The van der Waals surface area contributed by atoms with Gasteiger partial charge in [-0.05, 0) is 50.0 Å². The van der Waals surface area contributed by atoms with Gasteiger partial charge in [-0.3, -0.25) is 4.79 Å². The van der Waals surface area contributed by atoms with Crippen LogP contribution >= 0.6 is 0 Å². The average molecular weight is 458 g/mol. The zero-order chi connectivity index (χ0) is 25.3. The number of nitrogens with one attached hydrogen (secondary N) is 1. The fourth-order valence-corrected chi connectivity index (χ4v) is 5.16. The Morgan fingerprint density at radius 1 is 1.15 bits per heavy atom. The molecule has 0 saturated carbocycles. The summed E-state index contributed by atoms with van der Waals surface area (Å²) in [6, 6.07) is 19.4. The van der Waals surface area contributed by atoms with Crippen LogP contribution in [0.4, 0.5) is 5.95 Å². The zero-order valence-corrected chi connectivity index (χ0v) is 19.8. The highest BCUT2D eigenvalue weighted by Crippen LogP contribution is 2.35. The van der Waals surface area contributed by atoms with E-state index >= 15 is 0 Å². The highest BCUT2D eigenvalue weighted by atomic mass is 16.2. The van der Waals surface area contributed by atoms with E-state index in [1.54, 1.807) is 30.5 Å². The molecule has 34 heavy (non-hydrogen) atoms. The maximum Gasteiger partial charge on any atom is 0.227 e. The summed E-state index contributed by atoms with van der Waals surface area (Å²) < 4.78 is 16.9. The Balaban J connectivity index is 1.37. The maximum absolute atomic E-state index is 14.0. The second-order valence-electron chi connectivity index (χ2n) is 9.48. The van der Waals surface area contributed by atoms with Crippen molar-refractivity contribution < 1.29 is 7.54 Å². The van der Waals surface area contributed by atoms with Gasteiger partial charge in [-0.25, -0.2) is 9.97 Å². The number of carbonyl (C=O) groups is 1. The van der Waals surface area contributed by atoms with Crippen molar-refractivity contribution in [3.05, 3.63) is 89.2 Å². The molecular weight excluding hydrogens is 422 g/mol. The van der Waals surface area contributed by atoms with Crippen LogP contribution < -0.4 is 5.32 Å². The molecule has 1 N–H and O–H groups in total. The summed E-state index contributed by atoms with van der Waals surface area (Å²) in [7, 11) is 2.12. The number of benzene rings is 2. The maximum atomic E-state index is 14.0. The molecule has 0 spiro atoms. The standard InChI is InChI=1S/C28H33N5O/c1-20-15-23-17-30-28(29-16-21-9-5-3-6-10-21)31-26(23)19-33(20)27(34)24-13-14-32(2)18-25(24)22-11-7-4-8-12-22/h3-12,17,20,24-25H,13-16,18-19H2,1-2H3,(H,29,30,31)/t20-,24+,25-/m1/s1/i16D2. The van der Waals surface area contributed by atoms with E-state index in [0.717, 1.165) is 30.8 Å². The van der Waals surface area contributed by atoms with E-state index in [9.17, 15) is 4.79 Å². The van der Waals surface area contributed by atoms with Crippen LogP contribution in [0.15, 0.2) is 66.9 Å². The van der Waals surface area contributed by atoms with E-state index in [2.05, 4.69) is 46.3 Å². The van der Waals surface area contributed by atoms with Gasteiger partial charge < -0.3 is 15.1 Å². The van der Waals surface area contributed by atoms with E-state index in [4.69, 9.17) is 2.74 Å². The minimum Gasteiger partial charge on any atom is -0.350 e. The van der Waals surface area contributed by atoms with Gasteiger partial charge >= 0.3 is 0 Å². The molecule has 6 heteroatoms. The first-order valence-corrected chi connectivity index (χ1v) is 12.0. The van der Waals surface area contributed by atoms with Gasteiger partial charge in [0.2, 0.25) is 11.9 Å². The normalized spacial score (nSPS) is 24.1. The molecule has 0 aliphatic carbocycles. The SMILES string of the molecule is [2H]C([2H])(Nc1ncc2c(n1)CN(C(=O)[C@H]1CCN(C)C[C@@H]1c1ccccc1)[C@H](C)C2)c1ccccc1. The largest absolute Gasteiger partial charge is 0.350 e. The third kappa shape index (κ3) is 4.82. The quantitative estimate of drug-likeness (QED) is 0.625. The minimum absolute atomic E-state index is 0.0549. The number of piperidine rings is 1. The molecule has 6 nitrogen and oxygen atoms in total. The summed E-state index contributed by atoms with van der Waals surface area (Å²) in [4.78, 5) is 27.3. The number of carbonyl (C=O) groups excluding carboxylic acids is 1. The van der Waals surface area contributed by atoms with E-state index in [1.165, 1.54) is 5.56 Å². The number of anilines is 1. The number of hydrogen-bond acceptors (Lipinski definition) is 5. The van der Waals surface area contributed by atoms with Crippen LogP contribution in [0.3, 0.4) is 0 Å². The fraction of sp³-hybridized carbons (Fsp3) is 0.393. The lowest BCUT2D eigenvalue weighted by atomic mass is 9.79. The number of fused-ring (bicyclic) bond motifs is 1. The molecule has 2 aromatic carbocycles. The number of aromatic nitrogens is 2.